The highest BCUT2D eigenvalue weighted by Crippen LogP contribution is 2.29. The number of hydrogen-bond donors (Lipinski definition) is 1. The largest absolute Gasteiger partial charge is 0.339 e. The van der Waals surface area contributed by atoms with Gasteiger partial charge in [0, 0.05) is 12.1 Å². The highest BCUT2D eigenvalue weighted by molar-refractivity contribution is 7.12. The molecule has 3 aromatic heterocycles. The molecule has 0 saturated heterocycles. The Morgan fingerprint density at radius 1 is 1.35 bits per heavy atom. The van der Waals surface area contributed by atoms with Crippen LogP contribution in [0.1, 0.15) is 33.7 Å². The second-order valence-electron chi connectivity index (χ2n) is 5.10. The molecule has 0 unspecified atom stereocenters. The van der Waals surface area contributed by atoms with Crippen molar-refractivity contribution in [1.82, 2.24) is 15.1 Å². The van der Waals surface area contributed by atoms with Gasteiger partial charge in [0.2, 0.25) is 11.7 Å². The predicted molar refractivity (Wildman–Crippen MR) is 88.7 cm³/mol. The average molecular weight is 328 g/mol. The van der Waals surface area contributed by atoms with Crippen molar-refractivity contribution >= 4 is 23.1 Å². The summed E-state index contributed by atoms with van der Waals surface area (Å²) in [5.74, 6) is 1.24. The van der Waals surface area contributed by atoms with Crippen LogP contribution in [-0.2, 0) is 6.42 Å². The molecule has 118 valence electrons. The van der Waals surface area contributed by atoms with Gasteiger partial charge in [-0.1, -0.05) is 18.1 Å². The molecular formula is C16H16N4O2S. The van der Waals surface area contributed by atoms with Crippen molar-refractivity contribution in [2.75, 3.05) is 5.32 Å². The molecule has 3 aromatic rings. The summed E-state index contributed by atoms with van der Waals surface area (Å²) in [4.78, 5) is 21.8. The number of thiophene rings is 1. The number of carbonyl (C=O) groups is 1. The number of aryl methyl sites for hydroxylation is 3. The van der Waals surface area contributed by atoms with Crippen LogP contribution in [0.25, 0.3) is 11.4 Å². The number of amides is 1. The van der Waals surface area contributed by atoms with Gasteiger partial charge in [0.05, 0.1) is 10.4 Å². The van der Waals surface area contributed by atoms with Gasteiger partial charge in [-0.2, -0.15) is 4.98 Å². The molecule has 0 spiro atoms. The summed E-state index contributed by atoms with van der Waals surface area (Å²) in [6, 6.07) is 5.53. The number of pyridine rings is 1. The van der Waals surface area contributed by atoms with Gasteiger partial charge in [-0.05, 0) is 36.9 Å². The summed E-state index contributed by atoms with van der Waals surface area (Å²) >= 11 is 1.38. The standard InChI is InChI=1S/C16H16N4O2S/c1-4-12-18-15(20-22-12)13-9(2)8-10(3)17-14(13)19-16(21)11-6-5-7-23-11/h5-8H,4H2,1-3H3,(H,17,19,21). The molecule has 3 heterocycles. The van der Waals surface area contributed by atoms with Crippen LogP contribution in [-0.4, -0.2) is 21.0 Å². The SMILES string of the molecule is CCc1nc(-c2c(C)cc(C)nc2NC(=O)c2cccs2)no1. The van der Waals surface area contributed by atoms with Gasteiger partial charge in [-0.3, -0.25) is 4.79 Å². The Balaban J connectivity index is 2.03. The monoisotopic (exact) mass is 328 g/mol. The molecule has 1 amide bonds. The minimum absolute atomic E-state index is 0.196. The summed E-state index contributed by atoms with van der Waals surface area (Å²) in [5, 5.41) is 8.72. The molecule has 0 bridgehead atoms. The smallest absolute Gasteiger partial charge is 0.266 e. The van der Waals surface area contributed by atoms with Crippen LogP contribution in [0.2, 0.25) is 0 Å². The Hall–Kier alpha value is -2.54. The first kappa shape index (κ1) is 15.4. The minimum Gasteiger partial charge on any atom is -0.339 e. The lowest BCUT2D eigenvalue weighted by molar-refractivity contribution is 0.103. The van der Waals surface area contributed by atoms with Gasteiger partial charge in [-0.15, -0.1) is 11.3 Å². The van der Waals surface area contributed by atoms with Gasteiger partial charge < -0.3 is 9.84 Å². The molecule has 1 N–H and O–H groups in total. The third kappa shape index (κ3) is 3.14. The molecule has 0 aliphatic rings. The van der Waals surface area contributed by atoms with Crippen molar-refractivity contribution in [2.24, 2.45) is 0 Å². The van der Waals surface area contributed by atoms with Crippen LogP contribution < -0.4 is 5.32 Å². The second-order valence-corrected chi connectivity index (χ2v) is 6.05. The molecule has 0 aliphatic carbocycles. The third-order valence-corrected chi connectivity index (χ3v) is 4.18. The number of nitrogens with zero attached hydrogens (tertiary/aromatic N) is 3. The first-order valence-electron chi connectivity index (χ1n) is 7.24. The maximum Gasteiger partial charge on any atom is 0.266 e. The van der Waals surface area contributed by atoms with E-state index in [9.17, 15) is 4.79 Å². The lowest BCUT2D eigenvalue weighted by atomic mass is 10.1. The Labute approximate surface area is 137 Å². The zero-order valence-corrected chi connectivity index (χ0v) is 13.9. The summed E-state index contributed by atoms with van der Waals surface area (Å²) in [6.07, 6.45) is 0.655. The first-order chi connectivity index (χ1) is 11.1. The number of carbonyl (C=O) groups excluding carboxylic acids is 1. The zero-order chi connectivity index (χ0) is 16.4. The molecule has 23 heavy (non-hydrogen) atoms. The van der Waals surface area contributed by atoms with Gasteiger partial charge in [0.25, 0.3) is 5.91 Å². The molecule has 7 heteroatoms. The van der Waals surface area contributed by atoms with Gasteiger partial charge in [0.15, 0.2) is 0 Å². The summed E-state index contributed by atoms with van der Waals surface area (Å²) < 4.78 is 5.19. The van der Waals surface area contributed by atoms with E-state index in [0.29, 0.717) is 34.4 Å². The zero-order valence-electron chi connectivity index (χ0n) is 13.1. The minimum atomic E-state index is -0.196. The Bertz CT molecular complexity index is 840. The van der Waals surface area contributed by atoms with E-state index in [1.54, 1.807) is 6.07 Å². The van der Waals surface area contributed by atoms with Crippen LogP contribution in [0, 0.1) is 13.8 Å². The van der Waals surface area contributed by atoms with E-state index in [2.05, 4.69) is 20.4 Å². The lowest BCUT2D eigenvalue weighted by Crippen LogP contribution is -2.13. The van der Waals surface area contributed by atoms with Crippen molar-refractivity contribution in [3.63, 3.8) is 0 Å². The van der Waals surface area contributed by atoms with E-state index in [1.165, 1.54) is 11.3 Å². The molecule has 0 fully saturated rings. The summed E-state index contributed by atoms with van der Waals surface area (Å²) in [6.45, 7) is 5.76. The molecule has 6 nitrogen and oxygen atoms in total. The highest BCUT2D eigenvalue weighted by atomic mass is 32.1. The van der Waals surface area contributed by atoms with E-state index >= 15 is 0 Å². The maximum absolute atomic E-state index is 12.3. The fourth-order valence-electron chi connectivity index (χ4n) is 2.29. The quantitative estimate of drug-likeness (QED) is 0.791. The van der Waals surface area contributed by atoms with Crippen LogP contribution in [0.4, 0.5) is 5.82 Å². The normalized spacial score (nSPS) is 10.7. The number of rotatable bonds is 4. The summed E-state index contributed by atoms with van der Waals surface area (Å²) in [5.41, 5.74) is 2.43. The van der Waals surface area contributed by atoms with Gasteiger partial charge in [-0.25, -0.2) is 4.98 Å². The van der Waals surface area contributed by atoms with Gasteiger partial charge >= 0.3 is 0 Å². The van der Waals surface area contributed by atoms with E-state index < -0.39 is 0 Å². The number of anilines is 1. The highest BCUT2D eigenvalue weighted by Gasteiger charge is 2.19. The fourth-order valence-corrected chi connectivity index (χ4v) is 2.91. The van der Waals surface area contributed by atoms with Crippen molar-refractivity contribution in [3.8, 4) is 11.4 Å². The number of hydrogen-bond acceptors (Lipinski definition) is 6. The number of aromatic nitrogens is 3. The Morgan fingerprint density at radius 2 is 2.17 bits per heavy atom. The molecular weight excluding hydrogens is 312 g/mol. The lowest BCUT2D eigenvalue weighted by Gasteiger charge is -2.11. The third-order valence-electron chi connectivity index (χ3n) is 3.32. The Kier molecular flexibility index (Phi) is 4.20. The Morgan fingerprint density at radius 3 is 2.83 bits per heavy atom. The van der Waals surface area contributed by atoms with E-state index in [1.807, 2.05) is 38.3 Å². The number of nitrogens with one attached hydrogen (secondary N) is 1. The van der Waals surface area contributed by atoms with Crippen molar-refractivity contribution in [3.05, 3.63) is 45.6 Å². The van der Waals surface area contributed by atoms with Crippen LogP contribution in [0.3, 0.4) is 0 Å². The van der Waals surface area contributed by atoms with E-state index in [4.69, 9.17) is 4.52 Å². The molecule has 0 aromatic carbocycles. The molecule has 3 rings (SSSR count). The molecule has 0 radical (unpaired) electrons. The van der Waals surface area contributed by atoms with Crippen molar-refractivity contribution in [2.45, 2.75) is 27.2 Å². The maximum atomic E-state index is 12.3. The van der Waals surface area contributed by atoms with Crippen LogP contribution in [0.5, 0.6) is 0 Å². The van der Waals surface area contributed by atoms with Crippen molar-refractivity contribution < 1.29 is 9.32 Å². The first-order valence-corrected chi connectivity index (χ1v) is 8.12. The fraction of sp³-hybridized carbons (Fsp3) is 0.250. The molecule has 0 aliphatic heterocycles. The van der Waals surface area contributed by atoms with E-state index in [0.717, 1.165) is 11.3 Å². The van der Waals surface area contributed by atoms with E-state index in [-0.39, 0.29) is 5.91 Å². The summed E-state index contributed by atoms with van der Waals surface area (Å²) in [7, 11) is 0. The van der Waals surface area contributed by atoms with Crippen molar-refractivity contribution in [1.29, 1.82) is 0 Å². The van der Waals surface area contributed by atoms with Crippen LogP contribution >= 0.6 is 11.3 Å². The van der Waals surface area contributed by atoms with Crippen LogP contribution in [0.15, 0.2) is 28.1 Å². The molecule has 0 atom stereocenters. The molecule has 0 saturated carbocycles. The van der Waals surface area contributed by atoms with Gasteiger partial charge in [0.1, 0.15) is 5.82 Å². The topological polar surface area (TPSA) is 80.9 Å². The average Bonchev–Trinajstić information content (AvgIpc) is 3.18. The second kappa shape index (κ2) is 6.29. The predicted octanol–water partition coefficient (Wildman–Crippen LogP) is 3.62.